The van der Waals surface area contributed by atoms with Crippen LogP contribution >= 0.6 is 37.7 Å². The van der Waals surface area contributed by atoms with E-state index in [4.69, 9.17) is 37.7 Å². The zero-order chi connectivity index (χ0) is 4.50. The van der Waals surface area contributed by atoms with Gasteiger partial charge in [0.05, 0.1) is 0 Å². The molecule has 0 bridgehead atoms. The van der Waals surface area contributed by atoms with Crippen LogP contribution < -0.4 is 0 Å². The second-order valence-electron chi connectivity index (χ2n) is 0.350. The Hall–Kier alpha value is 1.77. The van der Waals surface area contributed by atoms with Gasteiger partial charge in [-0.05, 0) is 0 Å². The summed E-state index contributed by atoms with van der Waals surface area (Å²) in [5, 5.41) is 0. The zero-order valence-corrected chi connectivity index (χ0v) is 8.88. The zero-order valence-electron chi connectivity index (χ0n) is 2.92. The topological polar surface area (TPSA) is 63.0 Å². The Kier molecular flexibility index (Phi) is 13.4. The molecule has 0 saturated heterocycles. The summed E-state index contributed by atoms with van der Waals surface area (Å²) in [4.78, 5) is 0. The van der Waals surface area contributed by atoms with Gasteiger partial charge in [0, 0.05) is 0 Å². The molecular formula is H4Cl4O2W. The van der Waals surface area contributed by atoms with E-state index in [1.54, 1.807) is 0 Å². The molecule has 7 heteroatoms. The van der Waals surface area contributed by atoms with Gasteiger partial charge in [-0.3, -0.25) is 0 Å². The van der Waals surface area contributed by atoms with E-state index < -0.39 is 11.9 Å². The van der Waals surface area contributed by atoms with E-state index in [9.17, 15) is 0 Å². The number of halogens is 4. The van der Waals surface area contributed by atoms with Gasteiger partial charge in [-0.2, -0.15) is 0 Å². The molecule has 0 saturated carbocycles. The van der Waals surface area contributed by atoms with E-state index in [0.29, 0.717) is 0 Å². The Morgan fingerprint density at radius 2 is 0.714 bits per heavy atom. The fourth-order valence-electron chi connectivity index (χ4n) is 0. The van der Waals surface area contributed by atoms with E-state index in [1.807, 2.05) is 0 Å². The molecular weight excluding hydrogens is 358 g/mol. The first-order valence-electron chi connectivity index (χ1n) is 0.617. The third-order valence-electron chi connectivity index (χ3n) is 0. The van der Waals surface area contributed by atoms with Crippen molar-refractivity contribution in [2.45, 2.75) is 0 Å². The molecule has 0 amide bonds. The van der Waals surface area contributed by atoms with Crippen molar-refractivity contribution in [2.75, 3.05) is 0 Å². The molecule has 0 atom stereocenters. The van der Waals surface area contributed by atoms with Crippen molar-refractivity contribution < 1.29 is 22.8 Å². The first kappa shape index (κ1) is 15.9. The van der Waals surface area contributed by atoms with Crippen LogP contribution in [0.4, 0.5) is 0 Å². The van der Waals surface area contributed by atoms with Crippen LogP contribution in [0, 0.1) is 0 Å². The Morgan fingerprint density at radius 3 is 0.714 bits per heavy atom. The third kappa shape index (κ3) is 82.7. The van der Waals surface area contributed by atoms with Crippen LogP contribution in [-0.4, -0.2) is 11.0 Å². The van der Waals surface area contributed by atoms with Gasteiger partial charge in [0.15, 0.2) is 0 Å². The van der Waals surface area contributed by atoms with Gasteiger partial charge < -0.3 is 11.0 Å². The molecule has 50 valence electrons. The van der Waals surface area contributed by atoms with Crippen LogP contribution in [0.25, 0.3) is 0 Å². The van der Waals surface area contributed by atoms with Crippen LogP contribution in [0.2, 0.25) is 0 Å². The molecule has 7 heavy (non-hydrogen) atoms. The average molecular weight is 362 g/mol. The van der Waals surface area contributed by atoms with Gasteiger partial charge in [-0.1, -0.05) is 0 Å². The van der Waals surface area contributed by atoms with E-state index >= 15 is 0 Å². The first-order valence-corrected chi connectivity index (χ1v) is 15.2. The van der Waals surface area contributed by atoms with Crippen LogP contribution in [0.1, 0.15) is 0 Å². The predicted molar refractivity (Wildman–Crippen MR) is 30.6 cm³/mol. The van der Waals surface area contributed by atoms with Crippen molar-refractivity contribution in [1.82, 2.24) is 0 Å². The van der Waals surface area contributed by atoms with E-state index in [-0.39, 0.29) is 11.0 Å². The monoisotopic (exact) mass is 360 g/mol. The summed E-state index contributed by atoms with van der Waals surface area (Å²) in [6, 6.07) is 0. The number of hydrogen-bond donors (Lipinski definition) is 0. The molecule has 2 nitrogen and oxygen atoms in total. The fourth-order valence-corrected chi connectivity index (χ4v) is 0. The molecule has 0 rings (SSSR count). The van der Waals surface area contributed by atoms with Gasteiger partial charge in [0.25, 0.3) is 0 Å². The summed E-state index contributed by atoms with van der Waals surface area (Å²) in [6.45, 7) is 0. The molecule has 0 aliphatic rings. The molecule has 0 spiro atoms. The van der Waals surface area contributed by atoms with Crippen molar-refractivity contribution in [2.24, 2.45) is 0 Å². The maximum absolute atomic E-state index is 5.03. The van der Waals surface area contributed by atoms with Crippen LogP contribution in [0.3, 0.4) is 0 Å². The Balaban J connectivity index is -0.0000000800. The summed E-state index contributed by atoms with van der Waals surface area (Å²) in [5.74, 6) is 0. The minimum absolute atomic E-state index is 0. The molecule has 0 aliphatic heterocycles. The van der Waals surface area contributed by atoms with Crippen molar-refractivity contribution in [3.8, 4) is 0 Å². The van der Waals surface area contributed by atoms with Crippen molar-refractivity contribution in [3.05, 3.63) is 0 Å². The summed E-state index contributed by atoms with van der Waals surface area (Å²) >= 11 is -3.28. The fraction of sp³-hybridized carbons (Fsp3) is 0. The SMILES string of the molecule is O.O.[Cl][W]([Cl])([Cl])[Cl]. The molecule has 0 aliphatic carbocycles. The molecule has 0 fully saturated rings. The quantitative estimate of drug-likeness (QED) is 0.620. The molecule has 0 aromatic carbocycles. The van der Waals surface area contributed by atoms with Crippen molar-refractivity contribution in [3.63, 3.8) is 0 Å². The summed E-state index contributed by atoms with van der Waals surface area (Å²) in [6.07, 6.45) is 0. The summed E-state index contributed by atoms with van der Waals surface area (Å²) < 4.78 is 0. The van der Waals surface area contributed by atoms with Gasteiger partial charge in [0.2, 0.25) is 0 Å². The van der Waals surface area contributed by atoms with E-state index in [1.165, 1.54) is 0 Å². The van der Waals surface area contributed by atoms with Gasteiger partial charge in [0.1, 0.15) is 0 Å². The minimum atomic E-state index is -3.28. The maximum atomic E-state index is 5.03. The van der Waals surface area contributed by atoms with Gasteiger partial charge in [-0.25, -0.2) is 0 Å². The third-order valence-corrected chi connectivity index (χ3v) is 0. The normalized spacial score (nSPS) is 10.9. The van der Waals surface area contributed by atoms with E-state index in [2.05, 4.69) is 0 Å². The van der Waals surface area contributed by atoms with Crippen LogP contribution in [0.15, 0.2) is 0 Å². The van der Waals surface area contributed by atoms with E-state index in [0.717, 1.165) is 0 Å². The molecule has 4 N–H and O–H groups in total. The Labute approximate surface area is 60.2 Å². The van der Waals surface area contributed by atoms with Crippen molar-refractivity contribution >= 4 is 37.7 Å². The molecule has 0 radical (unpaired) electrons. The second-order valence-corrected chi connectivity index (χ2v) is 25.8. The van der Waals surface area contributed by atoms with Gasteiger partial charge >= 0.3 is 49.6 Å². The average Bonchev–Trinajstić information content (AvgIpc) is 0.722. The second kappa shape index (κ2) is 5.90. The first-order chi connectivity index (χ1) is 2.00. The number of rotatable bonds is 0. The van der Waals surface area contributed by atoms with Crippen LogP contribution in [-0.2, 0) is 11.9 Å². The Morgan fingerprint density at radius 1 is 0.714 bits per heavy atom. The molecule has 0 aromatic rings. The van der Waals surface area contributed by atoms with Crippen molar-refractivity contribution in [1.29, 1.82) is 0 Å². The number of hydrogen-bond acceptors (Lipinski definition) is 0. The summed E-state index contributed by atoms with van der Waals surface area (Å²) in [7, 11) is 20.1. The van der Waals surface area contributed by atoms with Crippen LogP contribution in [0.5, 0.6) is 0 Å². The predicted octanol–water partition coefficient (Wildman–Crippen LogP) is 1.11. The molecule has 0 heterocycles. The van der Waals surface area contributed by atoms with Gasteiger partial charge in [-0.15, -0.1) is 0 Å². The standard InChI is InChI=1S/4ClH.2H2O.W/h4*1H;2*1H2;/q;;;;;;+4/p-4. The Bertz CT molecular complexity index is 25.2. The molecule has 0 aromatic heterocycles. The summed E-state index contributed by atoms with van der Waals surface area (Å²) in [5.41, 5.74) is 0. The molecule has 0 unspecified atom stereocenters.